The fraction of sp³-hybridized carbons (Fsp3) is 0.333. The lowest BCUT2D eigenvalue weighted by Gasteiger charge is -2.00. The molecule has 0 atom stereocenters. The molecular weight excluding hydrogens is 135 g/mol. The maximum absolute atomic E-state index is 11.4. The van der Waals surface area contributed by atoms with Crippen molar-refractivity contribution in [3.8, 4) is 0 Å². The summed E-state index contributed by atoms with van der Waals surface area (Å²) in [4.78, 5) is 2.87. The standard InChI is InChI=1S/C3F3N3/c4-3(5,6)9-2-7-1-8-9. The molecule has 9 heavy (non-hydrogen) atoms. The third-order valence-corrected chi connectivity index (χ3v) is 0.580. The summed E-state index contributed by atoms with van der Waals surface area (Å²) in [5.41, 5.74) is 0. The van der Waals surface area contributed by atoms with Crippen LogP contribution in [-0.2, 0) is 6.30 Å². The van der Waals surface area contributed by atoms with Gasteiger partial charge in [0.25, 0.3) is 0 Å². The molecule has 6 heteroatoms. The SMILES string of the molecule is FC(F)(F)n1[c]n[c]n1. The van der Waals surface area contributed by atoms with E-state index in [0.29, 0.717) is 0 Å². The Bertz CT molecular complexity index is 177. The fourth-order valence-corrected chi connectivity index (χ4v) is 0.273. The first-order chi connectivity index (χ1) is 4.11. The third kappa shape index (κ3) is 1.18. The summed E-state index contributed by atoms with van der Waals surface area (Å²) in [5, 5.41) is 2.69. The van der Waals surface area contributed by atoms with Crippen LogP contribution >= 0.6 is 0 Å². The van der Waals surface area contributed by atoms with E-state index in [1.165, 1.54) is 0 Å². The summed E-state index contributed by atoms with van der Waals surface area (Å²) in [6, 6.07) is 0. The molecule has 0 aromatic carbocycles. The second-order valence-electron chi connectivity index (χ2n) is 1.19. The van der Waals surface area contributed by atoms with E-state index in [0.717, 1.165) is 0 Å². The molecule has 0 unspecified atom stereocenters. The first kappa shape index (κ1) is 6.06. The van der Waals surface area contributed by atoms with Gasteiger partial charge in [-0.25, -0.2) is 4.98 Å². The molecule has 0 aliphatic carbocycles. The van der Waals surface area contributed by atoms with Crippen LogP contribution in [0.1, 0.15) is 0 Å². The van der Waals surface area contributed by atoms with Crippen LogP contribution in [0.2, 0.25) is 0 Å². The summed E-state index contributed by atoms with van der Waals surface area (Å²) in [6.07, 6.45) is -1.25. The second kappa shape index (κ2) is 1.71. The number of halogens is 3. The molecule has 0 aliphatic heterocycles. The van der Waals surface area contributed by atoms with Gasteiger partial charge in [-0.1, -0.05) is 0 Å². The normalized spacial score (nSPS) is 11.9. The summed E-state index contributed by atoms with van der Waals surface area (Å²) in [5.74, 6) is 0. The topological polar surface area (TPSA) is 30.7 Å². The number of nitrogens with zero attached hydrogens (tertiary/aromatic N) is 3. The molecule has 2 radical (unpaired) electrons. The van der Waals surface area contributed by atoms with E-state index in [-0.39, 0.29) is 4.68 Å². The summed E-state index contributed by atoms with van der Waals surface area (Å²) < 4.78 is 33.9. The largest absolute Gasteiger partial charge is 0.506 e. The Morgan fingerprint density at radius 1 is 1.33 bits per heavy atom. The average molecular weight is 135 g/mol. The van der Waals surface area contributed by atoms with E-state index in [9.17, 15) is 13.2 Å². The van der Waals surface area contributed by atoms with Gasteiger partial charge >= 0.3 is 6.30 Å². The minimum absolute atomic E-state index is 0.354. The van der Waals surface area contributed by atoms with E-state index in [1.807, 2.05) is 0 Å². The van der Waals surface area contributed by atoms with Crippen molar-refractivity contribution in [2.24, 2.45) is 0 Å². The first-order valence-electron chi connectivity index (χ1n) is 1.88. The number of hydrogen-bond donors (Lipinski definition) is 0. The lowest BCUT2D eigenvalue weighted by Crippen LogP contribution is -2.17. The zero-order valence-electron chi connectivity index (χ0n) is 3.98. The Morgan fingerprint density at radius 2 is 2.00 bits per heavy atom. The van der Waals surface area contributed by atoms with Crippen molar-refractivity contribution in [3.05, 3.63) is 12.7 Å². The molecule has 48 valence electrons. The van der Waals surface area contributed by atoms with Crippen LogP contribution in [0.15, 0.2) is 0 Å². The summed E-state index contributed by atoms with van der Waals surface area (Å²) in [6.45, 7) is 0. The molecular formula is C3F3N3. The molecule has 3 nitrogen and oxygen atoms in total. The molecule has 1 rings (SSSR count). The maximum atomic E-state index is 11.4. The van der Waals surface area contributed by atoms with Crippen molar-refractivity contribution >= 4 is 0 Å². The van der Waals surface area contributed by atoms with Gasteiger partial charge in [0.05, 0.1) is 0 Å². The smallest absolute Gasteiger partial charge is 0.200 e. The monoisotopic (exact) mass is 135 g/mol. The Morgan fingerprint density at radius 3 is 2.22 bits per heavy atom. The van der Waals surface area contributed by atoms with E-state index < -0.39 is 6.30 Å². The minimum atomic E-state index is -4.52. The highest BCUT2D eigenvalue weighted by Gasteiger charge is 2.31. The van der Waals surface area contributed by atoms with E-state index in [1.54, 1.807) is 12.7 Å². The molecule has 1 heterocycles. The van der Waals surface area contributed by atoms with Crippen LogP contribution in [-0.4, -0.2) is 14.8 Å². The van der Waals surface area contributed by atoms with Gasteiger partial charge in [-0.2, -0.15) is 0 Å². The zero-order valence-corrected chi connectivity index (χ0v) is 3.98. The van der Waals surface area contributed by atoms with Gasteiger partial charge in [-0.3, -0.25) is 0 Å². The van der Waals surface area contributed by atoms with Crippen LogP contribution in [0.5, 0.6) is 0 Å². The highest BCUT2D eigenvalue weighted by Crippen LogP contribution is 2.18. The quantitative estimate of drug-likeness (QED) is 0.514. The van der Waals surface area contributed by atoms with Crippen LogP contribution in [0.25, 0.3) is 0 Å². The van der Waals surface area contributed by atoms with Crippen molar-refractivity contribution in [1.29, 1.82) is 0 Å². The molecule has 0 fully saturated rings. The Kier molecular flexibility index (Phi) is 1.15. The molecule has 1 aromatic rings. The summed E-state index contributed by atoms with van der Waals surface area (Å²) in [7, 11) is 0. The lowest BCUT2D eigenvalue weighted by molar-refractivity contribution is -0.213. The van der Waals surface area contributed by atoms with Gasteiger partial charge < -0.3 is 0 Å². The van der Waals surface area contributed by atoms with Gasteiger partial charge in [0.15, 0.2) is 0 Å². The van der Waals surface area contributed by atoms with Gasteiger partial charge in [-0.15, -0.1) is 23.0 Å². The maximum Gasteiger partial charge on any atom is 0.506 e. The van der Waals surface area contributed by atoms with Crippen molar-refractivity contribution in [3.63, 3.8) is 0 Å². The fourth-order valence-electron chi connectivity index (χ4n) is 0.273. The number of aromatic nitrogens is 3. The molecule has 0 aliphatic rings. The predicted octanol–water partition coefficient (Wildman–Crippen LogP) is 0.355. The zero-order chi connectivity index (χ0) is 6.91. The average Bonchev–Trinajstić information content (AvgIpc) is 2.08. The van der Waals surface area contributed by atoms with Crippen molar-refractivity contribution in [2.45, 2.75) is 6.30 Å². The molecule has 0 spiro atoms. The van der Waals surface area contributed by atoms with Gasteiger partial charge in [0, 0.05) is 0 Å². The van der Waals surface area contributed by atoms with E-state index in [2.05, 4.69) is 10.1 Å². The third-order valence-electron chi connectivity index (χ3n) is 0.580. The highest BCUT2D eigenvalue weighted by molar-refractivity contribution is 4.53. The van der Waals surface area contributed by atoms with Gasteiger partial charge in [0.2, 0.25) is 12.7 Å². The summed E-state index contributed by atoms with van der Waals surface area (Å²) >= 11 is 0. The van der Waals surface area contributed by atoms with Crippen molar-refractivity contribution in [1.82, 2.24) is 14.8 Å². The molecule has 0 bridgehead atoms. The van der Waals surface area contributed by atoms with Crippen LogP contribution in [0.3, 0.4) is 0 Å². The minimum Gasteiger partial charge on any atom is -0.200 e. The van der Waals surface area contributed by atoms with Crippen LogP contribution < -0.4 is 0 Å². The molecule has 1 aromatic heterocycles. The number of rotatable bonds is 0. The lowest BCUT2D eigenvalue weighted by atomic mass is 11.1. The number of alkyl halides is 3. The molecule has 0 amide bonds. The van der Waals surface area contributed by atoms with Crippen LogP contribution in [0, 0.1) is 12.7 Å². The van der Waals surface area contributed by atoms with Gasteiger partial charge in [-0.05, 0) is 0 Å². The molecule has 0 saturated carbocycles. The van der Waals surface area contributed by atoms with Crippen molar-refractivity contribution in [2.75, 3.05) is 0 Å². The Hall–Kier alpha value is -1.07. The Labute approximate surface area is 48.1 Å². The predicted molar refractivity (Wildman–Crippen MR) is 19.0 cm³/mol. The second-order valence-corrected chi connectivity index (χ2v) is 1.19. The number of hydrogen-bond acceptors (Lipinski definition) is 2. The van der Waals surface area contributed by atoms with Crippen LogP contribution in [0.4, 0.5) is 13.2 Å². The van der Waals surface area contributed by atoms with Gasteiger partial charge in [0.1, 0.15) is 0 Å². The van der Waals surface area contributed by atoms with E-state index >= 15 is 0 Å². The molecule has 0 N–H and O–H groups in total. The molecule has 0 saturated heterocycles. The first-order valence-corrected chi connectivity index (χ1v) is 1.88. The van der Waals surface area contributed by atoms with E-state index in [4.69, 9.17) is 0 Å². The highest BCUT2D eigenvalue weighted by atomic mass is 19.4. The van der Waals surface area contributed by atoms with Crippen molar-refractivity contribution < 1.29 is 13.2 Å². The Balaban J connectivity index is 2.90.